The Balaban J connectivity index is 1.64. The molecule has 106 valence electrons. The molecule has 5 heteroatoms. The van der Waals surface area contributed by atoms with Crippen LogP contribution in [0.25, 0.3) is 0 Å². The maximum absolute atomic E-state index is 12.4. The van der Waals surface area contributed by atoms with Gasteiger partial charge in [-0.1, -0.05) is 0 Å². The maximum Gasteiger partial charge on any atom is 0.263 e. The van der Waals surface area contributed by atoms with E-state index in [4.69, 9.17) is 0 Å². The van der Waals surface area contributed by atoms with Crippen molar-refractivity contribution in [2.45, 2.75) is 26.3 Å². The van der Waals surface area contributed by atoms with Gasteiger partial charge in [-0.3, -0.25) is 4.79 Å². The normalized spacial score (nSPS) is 17.8. The molecule has 0 saturated carbocycles. The molecule has 1 amide bonds. The van der Waals surface area contributed by atoms with E-state index in [0.29, 0.717) is 5.92 Å². The number of carbonyl (C=O) groups excluding carboxylic acids is 1. The second kappa shape index (κ2) is 5.40. The Labute approximate surface area is 123 Å². The number of amides is 1. The van der Waals surface area contributed by atoms with Crippen LogP contribution in [-0.2, 0) is 13.0 Å². The molecular weight excluding hydrogens is 270 g/mol. The third kappa shape index (κ3) is 2.50. The molecule has 3 heterocycles. The van der Waals surface area contributed by atoms with Crippen molar-refractivity contribution in [2.24, 2.45) is 5.92 Å². The van der Waals surface area contributed by atoms with Gasteiger partial charge >= 0.3 is 0 Å². The molecule has 1 aliphatic heterocycles. The van der Waals surface area contributed by atoms with Gasteiger partial charge < -0.3 is 9.47 Å². The van der Waals surface area contributed by atoms with E-state index in [0.717, 1.165) is 36.4 Å². The van der Waals surface area contributed by atoms with Gasteiger partial charge in [0.25, 0.3) is 5.91 Å². The van der Waals surface area contributed by atoms with E-state index in [1.807, 2.05) is 42.7 Å². The summed E-state index contributed by atoms with van der Waals surface area (Å²) in [6, 6.07) is 2.00. The number of aromatic nitrogens is 2. The number of thiophene rings is 1. The van der Waals surface area contributed by atoms with Crippen LogP contribution in [0.1, 0.15) is 27.5 Å². The molecule has 0 N–H and O–H groups in total. The van der Waals surface area contributed by atoms with Gasteiger partial charge in [-0.05, 0) is 36.3 Å². The SMILES string of the molecule is Cc1ccsc1C(=O)N(C)CC1CCc2nccn2C1. The van der Waals surface area contributed by atoms with E-state index in [9.17, 15) is 4.79 Å². The van der Waals surface area contributed by atoms with Crippen molar-refractivity contribution in [2.75, 3.05) is 13.6 Å². The van der Waals surface area contributed by atoms with Gasteiger partial charge in [0.05, 0.1) is 4.88 Å². The smallest absolute Gasteiger partial charge is 0.263 e. The van der Waals surface area contributed by atoms with Gasteiger partial charge in [-0.2, -0.15) is 0 Å². The maximum atomic E-state index is 12.4. The van der Waals surface area contributed by atoms with Crippen molar-refractivity contribution < 1.29 is 4.79 Å². The quantitative estimate of drug-likeness (QED) is 0.871. The third-order valence-electron chi connectivity index (χ3n) is 3.97. The lowest BCUT2D eigenvalue weighted by molar-refractivity contribution is 0.0764. The second-order valence-electron chi connectivity index (χ2n) is 5.52. The highest BCUT2D eigenvalue weighted by Crippen LogP contribution is 2.22. The summed E-state index contributed by atoms with van der Waals surface area (Å²) in [5.41, 5.74) is 1.08. The fourth-order valence-corrected chi connectivity index (χ4v) is 3.74. The lowest BCUT2D eigenvalue weighted by Gasteiger charge is -2.28. The Kier molecular flexibility index (Phi) is 3.61. The van der Waals surface area contributed by atoms with Crippen LogP contribution in [0, 0.1) is 12.8 Å². The Morgan fingerprint density at radius 1 is 1.60 bits per heavy atom. The Morgan fingerprint density at radius 2 is 2.45 bits per heavy atom. The average Bonchev–Trinajstić information content (AvgIpc) is 3.05. The zero-order chi connectivity index (χ0) is 14.1. The minimum absolute atomic E-state index is 0.147. The summed E-state index contributed by atoms with van der Waals surface area (Å²) in [5.74, 6) is 1.84. The summed E-state index contributed by atoms with van der Waals surface area (Å²) in [6.07, 6.45) is 6.02. The van der Waals surface area contributed by atoms with Crippen LogP contribution in [0.3, 0.4) is 0 Å². The first-order valence-corrected chi connectivity index (χ1v) is 7.82. The Bertz CT molecular complexity index is 616. The van der Waals surface area contributed by atoms with Crippen LogP contribution in [0.2, 0.25) is 0 Å². The minimum Gasteiger partial charge on any atom is -0.341 e. The van der Waals surface area contributed by atoms with Crippen LogP contribution in [-0.4, -0.2) is 34.0 Å². The summed E-state index contributed by atoms with van der Waals surface area (Å²) in [6.45, 7) is 3.78. The van der Waals surface area contributed by atoms with Gasteiger partial charge in [0, 0.05) is 39.0 Å². The van der Waals surface area contributed by atoms with E-state index in [1.165, 1.54) is 17.2 Å². The topological polar surface area (TPSA) is 38.1 Å². The number of aryl methyl sites for hydroxylation is 2. The molecule has 0 spiro atoms. The van der Waals surface area contributed by atoms with Crippen molar-refractivity contribution in [3.05, 3.63) is 40.1 Å². The molecule has 1 atom stereocenters. The summed E-state index contributed by atoms with van der Waals surface area (Å²) >= 11 is 1.53. The molecule has 0 bridgehead atoms. The van der Waals surface area contributed by atoms with Crippen molar-refractivity contribution in [3.63, 3.8) is 0 Å². The molecule has 20 heavy (non-hydrogen) atoms. The minimum atomic E-state index is 0.147. The third-order valence-corrected chi connectivity index (χ3v) is 4.97. The van der Waals surface area contributed by atoms with E-state index >= 15 is 0 Å². The van der Waals surface area contributed by atoms with Crippen LogP contribution in [0.4, 0.5) is 0 Å². The summed E-state index contributed by atoms with van der Waals surface area (Å²) < 4.78 is 2.21. The average molecular weight is 289 g/mol. The van der Waals surface area contributed by atoms with Gasteiger partial charge in [0.2, 0.25) is 0 Å². The first kappa shape index (κ1) is 13.4. The van der Waals surface area contributed by atoms with Crippen LogP contribution < -0.4 is 0 Å². The fourth-order valence-electron chi connectivity index (χ4n) is 2.82. The van der Waals surface area contributed by atoms with Crippen LogP contribution in [0.15, 0.2) is 23.8 Å². The van der Waals surface area contributed by atoms with Gasteiger partial charge in [-0.15, -0.1) is 11.3 Å². The molecule has 3 rings (SSSR count). The molecule has 0 saturated heterocycles. The number of hydrogen-bond acceptors (Lipinski definition) is 3. The largest absolute Gasteiger partial charge is 0.341 e. The molecular formula is C15H19N3OS. The lowest BCUT2D eigenvalue weighted by atomic mass is 9.99. The summed E-state index contributed by atoms with van der Waals surface area (Å²) in [7, 11) is 1.91. The monoisotopic (exact) mass is 289 g/mol. The molecule has 2 aromatic rings. The second-order valence-corrected chi connectivity index (χ2v) is 6.44. The number of nitrogens with zero attached hydrogens (tertiary/aromatic N) is 3. The molecule has 1 unspecified atom stereocenters. The first-order valence-electron chi connectivity index (χ1n) is 6.94. The number of rotatable bonds is 3. The fraction of sp³-hybridized carbons (Fsp3) is 0.467. The van der Waals surface area contributed by atoms with Crippen molar-refractivity contribution in [1.29, 1.82) is 0 Å². The highest BCUT2D eigenvalue weighted by atomic mass is 32.1. The molecule has 0 radical (unpaired) electrons. The number of fused-ring (bicyclic) bond motifs is 1. The number of carbonyl (C=O) groups is 1. The highest BCUT2D eigenvalue weighted by molar-refractivity contribution is 7.12. The van der Waals surface area contributed by atoms with Crippen LogP contribution in [0.5, 0.6) is 0 Å². The molecule has 4 nitrogen and oxygen atoms in total. The van der Waals surface area contributed by atoms with E-state index < -0.39 is 0 Å². The highest BCUT2D eigenvalue weighted by Gasteiger charge is 2.23. The standard InChI is InChI=1S/C15H19N3OS/c1-11-5-8-20-14(11)15(19)17(2)9-12-3-4-13-16-6-7-18(13)10-12/h5-8,12H,3-4,9-10H2,1-2H3. The molecule has 1 aliphatic rings. The van der Waals surface area contributed by atoms with E-state index in [2.05, 4.69) is 9.55 Å². The van der Waals surface area contributed by atoms with Crippen molar-refractivity contribution in [1.82, 2.24) is 14.5 Å². The van der Waals surface area contributed by atoms with Gasteiger partial charge in [0.1, 0.15) is 5.82 Å². The zero-order valence-electron chi connectivity index (χ0n) is 11.9. The van der Waals surface area contributed by atoms with Crippen molar-refractivity contribution in [3.8, 4) is 0 Å². The zero-order valence-corrected chi connectivity index (χ0v) is 12.7. The van der Waals surface area contributed by atoms with Crippen molar-refractivity contribution >= 4 is 17.2 Å². The van der Waals surface area contributed by atoms with E-state index in [-0.39, 0.29) is 5.91 Å². The van der Waals surface area contributed by atoms with Gasteiger partial charge in [0.15, 0.2) is 0 Å². The summed E-state index contributed by atoms with van der Waals surface area (Å²) in [4.78, 5) is 19.5. The Hall–Kier alpha value is -1.62. The number of imidazole rings is 1. The Morgan fingerprint density at radius 3 is 3.20 bits per heavy atom. The molecule has 2 aromatic heterocycles. The van der Waals surface area contributed by atoms with E-state index in [1.54, 1.807) is 0 Å². The lowest BCUT2D eigenvalue weighted by Crippen LogP contribution is -2.35. The van der Waals surface area contributed by atoms with Gasteiger partial charge in [-0.25, -0.2) is 4.98 Å². The first-order chi connectivity index (χ1) is 9.65. The molecule has 0 aromatic carbocycles. The molecule has 0 aliphatic carbocycles. The predicted octanol–water partition coefficient (Wildman–Crippen LogP) is 2.59. The van der Waals surface area contributed by atoms with Crippen LogP contribution >= 0.6 is 11.3 Å². The predicted molar refractivity (Wildman–Crippen MR) is 80.1 cm³/mol. The number of hydrogen-bond donors (Lipinski definition) is 0. The molecule has 0 fully saturated rings. The summed E-state index contributed by atoms with van der Waals surface area (Å²) in [5, 5.41) is 1.98.